The number of fused-ring (bicyclic) bond motifs is 1. The number of hydrogen-bond acceptors (Lipinski definition) is 6. The highest BCUT2D eigenvalue weighted by atomic mass is 35.5. The number of nitrogens with one attached hydrogen (secondary N) is 1. The summed E-state index contributed by atoms with van der Waals surface area (Å²) < 4.78 is 20.9. The van der Waals surface area contributed by atoms with Crippen molar-refractivity contribution in [1.29, 1.82) is 0 Å². The molecular weight excluding hydrogens is 479 g/mol. The summed E-state index contributed by atoms with van der Waals surface area (Å²) >= 11 is 7.23. The normalized spacial score (nSPS) is 17.7. The summed E-state index contributed by atoms with van der Waals surface area (Å²) in [5.74, 6) is -1.90. The number of hydrogen-bond donors (Lipinski definition) is 2. The van der Waals surface area contributed by atoms with Crippen LogP contribution < -0.4 is 10.1 Å². The van der Waals surface area contributed by atoms with Gasteiger partial charge in [0.05, 0.1) is 17.0 Å². The number of aliphatic hydroxyl groups excluding tert-OH is 1. The van der Waals surface area contributed by atoms with Gasteiger partial charge in [-0.15, -0.1) is 11.3 Å². The lowest BCUT2D eigenvalue weighted by atomic mass is 9.99. The summed E-state index contributed by atoms with van der Waals surface area (Å²) in [4.78, 5) is 28.1. The van der Waals surface area contributed by atoms with Gasteiger partial charge in [-0.2, -0.15) is 0 Å². The van der Waals surface area contributed by atoms with Gasteiger partial charge >= 0.3 is 0 Å². The van der Waals surface area contributed by atoms with Gasteiger partial charge < -0.3 is 20.1 Å². The van der Waals surface area contributed by atoms with E-state index in [-0.39, 0.29) is 11.9 Å². The molecule has 2 fully saturated rings. The lowest BCUT2D eigenvalue weighted by molar-refractivity contribution is -0.118. The second-order valence-corrected chi connectivity index (χ2v) is 10.3. The van der Waals surface area contributed by atoms with Crippen LogP contribution in [0, 0.1) is 5.82 Å². The van der Waals surface area contributed by atoms with Gasteiger partial charge in [-0.05, 0) is 79.7 Å². The van der Waals surface area contributed by atoms with Crippen LogP contribution in [0.2, 0.25) is 5.02 Å². The molecule has 2 aromatic carbocycles. The molecule has 1 saturated carbocycles. The smallest absolute Gasteiger partial charge is 0.293 e. The Balaban J connectivity index is 1.32. The first-order valence-electron chi connectivity index (χ1n) is 11.3. The number of halogens is 2. The van der Waals surface area contributed by atoms with E-state index in [0.717, 1.165) is 42.4 Å². The highest BCUT2D eigenvalue weighted by molar-refractivity contribution is 7.21. The number of carbonyl (C=O) groups excluding carboxylic acids is 2. The SMILES string of the molecule is O=C(N[C@H](CN1CCC1)[C@H](O)c1ccc(OC2CC2)c(F)c1)C(=O)c1cc2cc(Cl)ccc2s1. The predicted molar refractivity (Wildman–Crippen MR) is 129 cm³/mol. The van der Waals surface area contributed by atoms with E-state index < -0.39 is 29.7 Å². The molecule has 1 saturated heterocycles. The van der Waals surface area contributed by atoms with Crippen molar-refractivity contribution in [1.82, 2.24) is 10.2 Å². The van der Waals surface area contributed by atoms with E-state index >= 15 is 0 Å². The Hall–Kier alpha value is -2.52. The van der Waals surface area contributed by atoms with E-state index in [1.165, 1.54) is 23.5 Å². The summed E-state index contributed by atoms with van der Waals surface area (Å²) in [6, 6.07) is 10.5. The predicted octanol–water partition coefficient (Wildman–Crippen LogP) is 4.34. The minimum atomic E-state index is -1.19. The maximum absolute atomic E-state index is 14.5. The van der Waals surface area contributed by atoms with E-state index in [1.807, 2.05) is 0 Å². The van der Waals surface area contributed by atoms with Gasteiger partial charge in [-0.1, -0.05) is 17.7 Å². The quantitative estimate of drug-likeness (QED) is 0.336. The zero-order valence-electron chi connectivity index (χ0n) is 18.3. The maximum atomic E-state index is 14.5. The number of Topliss-reactive ketones (excluding diaryl/α,β-unsaturated/α-hetero) is 1. The third-order valence-electron chi connectivity index (χ3n) is 6.13. The van der Waals surface area contributed by atoms with Crippen LogP contribution in [0.4, 0.5) is 4.39 Å². The lowest BCUT2D eigenvalue weighted by Crippen LogP contribution is -2.52. The highest BCUT2D eigenvalue weighted by Crippen LogP contribution is 2.31. The molecule has 34 heavy (non-hydrogen) atoms. The number of benzene rings is 2. The summed E-state index contributed by atoms with van der Waals surface area (Å²) in [5.41, 5.74) is 0.315. The minimum absolute atomic E-state index is 0.0552. The maximum Gasteiger partial charge on any atom is 0.293 e. The minimum Gasteiger partial charge on any atom is -0.487 e. The van der Waals surface area contributed by atoms with Crippen LogP contribution in [0.15, 0.2) is 42.5 Å². The molecule has 3 aromatic rings. The highest BCUT2D eigenvalue weighted by Gasteiger charge is 2.31. The molecule has 6 nitrogen and oxygen atoms in total. The third-order valence-corrected chi connectivity index (χ3v) is 7.47. The average Bonchev–Trinajstić information content (AvgIpc) is 3.51. The second-order valence-electron chi connectivity index (χ2n) is 8.81. The van der Waals surface area contributed by atoms with Crippen LogP contribution in [-0.4, -0.2) is 53.5 Å². The van der Waals surface area contributed by atoms with E-state index in [9.17, 15) is 19.1 Å². The van der Waals surface area contributed by atoms with Crippen molar-refractivity contribution in [3.05, 3.63) is 63.7 Å². The van der Waals surface area contributed by atoms with Crippen molar-refractivity contribution in [2.45, 2.75) is 37.5 Å². The largest absolute Gasteiger partial charge is 0.487 e. The van der Waals surface area contributed by atoms with Gasteiger partial charge in [-0.3, -0.25) is 9.59 Å². The lowest BCUT2D eigenvalue weighted by Gasteiger charge is -2.36. The van der Waals surface area contributed by atoms with Crippen LogP contribution in [0.3, 0.4) is 0 Å². The number of carbonyl (C=O) groups is 2. The number of rotatable bonds is 9. The molecule has 0 unspecified atom stereocenters. The topological polar surface area (TPSA) is 78.9 Å². The molecule has 2 atom stereocenters. The number of ketones is 1. The third kappa shape index (κ3) is 5.10. The summed E-state index contributed by atoms with van der Waals surface area (Å²) in [5, 5.41) is 15.1. The van der Waals surface area contributed by atoms with Crippen molar-refractivity contribution in [2.24, 2.45) is 0 Å². The monoisotopic (exact) mass is 502 g/mol. The zero-order valence-corrected chi connectivity index (χ0v) is 19.9. The number of nitrogens with zero attached hydrogens (tertiary/aromatic N) is 1. The van der Waals surface area contributed by atoms with Crippen molar-refractivity contribution in [2.75, 3.05) is 19.6 Å². The Labute approximate surface area is 205 Å². The number of ether oxygens (including phenoxy) is 1. The summed E-state index contributed by atoms with van der Waals surface area (Å²) in [7, 11) is 0. The van der Waals surface area contributed by atoms with Crippen LogP contribution in [-0.2, 0) is 4.79 Å². The molecule has 1 aliphatic carbocycles. The fourth-order valence-corrected chi connectivity index (χ4v) is 5.09. The van der Waals surface area contributed by atoms with Crippen molar-refractivity contribution < 1.29 is 23.8 Å². The van der Waals surface area contributed by atoms with Crippen LogP contribution in [0.1, 0.15) is 40.6 Å². The molecule has 178 valence electrons. The number of thiophene rings is 1. The molecule has 1 amide bonds. The number of aliphatic hydroxyl groups is 1. The summed E-state index contributed by atoms with van der Waals surface area (Å²) in [6.45, 7) is 2.03. The van der Waals surface area contributed by atoms with E-state index in [1.54, 1.807) is 30.3 Å². The van der Waals surface area contributed by atoms with Gasteiger partial charge in [0.2, 0.25) is 0 Å². The molecule has 2 aliphatic rings. The van der Waals surface area contributed by atoms with Gasteiger partial charge in [0.25, 0.3) is 11.7 Å². The standard InChI is InChI=1S/C25H24ClFN2O4S/c26-16-3-7-21-15(10-16)12-22(34-21)24(31)25(32)28-19(13-29-8-1-9-29)23(30)14-2-6-20(18(27)11-14)33-17-4-5-17/h2-3,6-7,10-12,17,19,23,30H,1,4-5,8-9,13H2,(H,28,32)/t19-,23-/m1/s1. The fourth-order valence-electron chi connectivity index (χ4n) is 3.93. The molecule has 1 aromatic heterocycles. The first-order valence-corrected chi connectivity index (χ1v) is 12.5. The Morgan fingerprint density at radius 3 is 2.68 bits per heavy atom. The van der Waals surface area contributed by atoms with E-state index in [0.29, 0.717) is 22.0 Å². The summed E-state index contributed by atoms with van der Waals surface area (Å²) in [6.07, 6.45) is 1.72. The van der Waals surface area contributed by atoms with Gasteiger partial charge in [-0.25, -0.2) is 4.39 Å². The molecule has 1 aliphatic heterocycles. The van der Waals surface area contributed by atoms with Gasteiger partial charge in [0, 0.05) is 16.3 Å². The molecule has 2 heterocycles. The molecule has 0 spiro atoms. The molecule has 0 radical (unpaired) electrons. The number of amides is 1. The molecular formula is C25H24ClFN2O4S. The molecule has 2 N–H and O–H groups in total. The van der Waals surface area contributed by atoms with E-state index in [4.69, 9.17) is 16.3 Å². The Bertz CT molecular complexity index is 1240. The first kappa shape index (κ1) is 23.2. The van der Waals surface area contributed by atoms with Crippen LogP contribution in [0.5, 0.6) is 5.75 Å². The Morgan fingerprint density at radius 2 is 2.00 bits per heavy atom. The van der Waals surface area contributed by atoms with Crippen LogP contribution >= 0.6 is 22.9 Å². The molecule has 0 bridgehead atoms. The van der Waals surface area contributed by atoms with Crippen molar-refractivity contribution in [3.63, 3.8) is 0 Å². The Kier molecular flexibility index (Phi) is 6.57. The second kappa shape index (κ2) is 9.62. The molecule has 5 rings (SSSR count). The Morgan fingerprint density at radius 1 is 1.21 bits per heavy atom. The van der Waals surface area contributed by atoms with Crippen LogP contribution in [0.25, 0.3) is 10.1 Å². The van der Waals surface area contributed by atoms with Gasteiger partial charge in [0.1, 0.15) is 6.10 Å². The average molecular weight is 503 g/mol. The number of likely N-dealkylation sites (tertiary alicyclic amines) is 1. The zero-order chi connectivity index (χ0) is 23.8. The first-order chi connectivity index (χ1) is 16.4. The fraction of sp³-hybridized carbons (Fsp3) is 0.360. The molecule has 9 heteroatoms. The van der Waals surface area contributed by atoms with Gasteiger partial charge in [0.15, 0.2) is 11.6 Å². The van der Waals surface area contributed by atoms with E-state index in [2.05, 4.69) is 10.2 Å². The van der Waals surface area contributed by atoms with Crippen molar-refractivity contribution >= 4 is 44.7 Å². The van der Waals surface area contributed by atoms with Crippen molar-refractivity contribution in [3.8, 4) is 5.75 Å².